The highest BCUT2D eigenvalue weighted by atomic mass is 16.7. The minimum absolute atomic E-state index is 0.0513. The van der Waals surface area contributed by atoms with Gasteiger partial charge in [-0.25, -0.2) is 0 Å². The van der Waals surface area contributed by atoms with E-state index in [1.165, 1.54) is 6.92 Å². The molecule has 510 valence electrons. The zero-order valence-electron chi connectivity index (χ0n) is 53.9. The first-order valence-electron chi connectivity index (χ1n) is 31.5. The third kappa shape index (κ3) is 28.6. The van der Waals surface area contributed by atoms with E-state index >= 15 is 0 Å². The number of carbonyl (C=O) groups excluding carboxylic acids is 5. The molecule has 14 unspecified atom stereocenters. The molecule has 2 amide bonds. The van der Waals surface area contributed by atoms with E-state index in [1.807, 2.05) is 38.9 Å². The molecule has 0 radical (unpaired) electrons. The summed E-state index contributed by atoms with van der Waals surface area (Å²) in [6.07, 6.45) is 2.19. The van der Waals surface area contributed by atoms with Crippen LogP contribution in [0.2, 0.25) is 0 Å². The molecular weight excluding hydrogens is 1180 g/mol. The van der Waals surface area contributed by atoms with Crippen LogP contribution in [0.3, 0.4) is 0 Å². The molecule has 0 saturated carbocycles. The largest absolute Gasteiger partial charge is 0.461 e. The van der Waals surface area contributed by atoms with Gasteiger partial charge in [0.1, 0.15) is 24.1 Å². The number of nitrogens with one attached hydrogen (secondary N) is 3. The molecule has 0 aromatic heterocycles. The maximum Gasteiger partial charge on any atom is 0.308 e. The van der Waals surface area contributed by atoms with Crippen LogP contribution in [0.1, 0.15) is 108 Å². The van der Waals surface area contributed by atoms with Gasteiger partial charge < -0.3 is 95.8 Å². The lowest BCUT2D eigenvalue weighted by Crippen LogP contribution is -2.64. The number of aliphatic hydroxyl groups is 10. The zero-order valence-corrected chi connectivity index (χ0v) is 53.9. The van der Waals surface area contributed by atoms with Crippen molar-refractivity contribution in [3.8, 4) is 0 Å². The molecule has 24 nitrogen and oxygen atoms in total. The number of nitrogens with zero attached hydrogens (tertiary/aromatic N) is 2. The Kier molecular flexibility index (Phi) is 34.0. The van der Waals surface area contributed by atoms with E-state index in [0.717, 1.165) is 5.69 Å². The molecule has 2 saturated heterocycles. The summed E-state index contributed by atoms with van der Waals surface area (Å²) >= 11 is 0. The van der Waals surface area contributed by atoms with E-state index < -0.39 is 178 Å². The lowest BCUT2D eigenvalue weighted by Gasteiger charge is -2.46. The van der Waals surface area contributed by atoms with Crippen LogP contribution in [0.25, 0.3) is 0 Å². The van der Waals surface area contributed by atoms with Crippen LogP contribution in [-0.2, 0) is 38.1 Å². The fourth-order valence-electron chi connectivity index (χ4n) is 11.3. The Hall–Kier alpha value is -5.65. The molecule has 13 N–H and O–H groups in total. The van der Waals surface area contributed by atoms with Crippen LogP contribution in [-0.4, -0.2) is 243 Å². The van der Waals surface area contributed by atoms with Crippen LogP contribution in [0.4, 0.5) is 5.69 Å². The Morgan fingerprint density at radius 2 is 1.27 bits per heavy atom. The highest BCUT2D eigenvalue weighted by molar-refractivity contribution is 5.96. The molecule has 2 bridgehead atoms. The highest BCUT2D eigenvalue weighted by Crippen LogP contribution is 2.38. The molecule has 3 aliphatic heterocycles. The molecular formula is C67H103N5O19. The Bertz CT molecular complexity index is 2610. The van der Waals surface area contributed by atoms with Crippen LogP contribution >= 0.6 is 0 Å². The zero-order chi connectivity index (χ0) is 67.4. The molecule has 1 aromatic rings. The fourth-order valence-corrected chi connectivity index (χ4v) is 11.3. The Balaban J connectivity index is 1.62. The van der Waals surface area contributed by atoms with Crippen molar-refractivity contribution in [2.75, 3.05) is 60.2 Å². The molecule has 3 aliphatic rings. The van der Waals surface area contributed by atoms with Gasteiger partial charge >= 0.3 is 5.97 Å². The van der Waals surface area contributed by atoms with Crippen molar-refractivity contribution < 1.29 is 94.0 Å². The number of fused-ring (bicyclic) bond motifs is 2. The Labute approximate surface area is 535 Å². The Morgan fingerprint density at radius 3 is 1.87 bits per heavy atom. The number of amides is 2. The molecule has 0 spiro atoms. The Morgan fingerprint density at radius 1 is 0.703 bits per heavy atom. The third-order valence-electron chi connectivity index (χ3n) is 16.0. The van der Waals surface area contributed by atoms with Gasteiger partial charge in [0.15, 0.2) is 17.9 Å². The number of Topliss-reactive ketones (excluding diaryl/α,β-unsaturated/α-hetero) is 2. The van der Waals surface area contributed by atoms with E-state index in [-0.39, 0.29) is 50.0 Å². The van der Waals surface area contributed by atoms with Crippen molar-refractivity contribution in [1.29, 1.82) is 0 Å². The summed E-state index contributed by atoms with van der Waals surface area (Å²) in [5, 5.41) is 121. The van der Waals surface area contributed by atoms with Crippen molar-refractivity contribution >= 4 is 35.0 Å². The van der Waals surface area contributed by atoms with Gasteiger partial charge in [-0.05, 0) is 97.4 Å². The second-order valence-corrected chi connectivity index (χ2v) is 24.9. The lowest BCUT2D eigenvalue weighted by molar-refractivity contribution is -0.307. The SMILES string of the molecule is CNc1ccc(C(=O)CC(O)CCC(C)C2OC(=O)CC(O)CC(=O)CC(O)CC(O)CC(O)CC(O)CC3(O)CC(O)C(C(=O)NCCN(C)C)C(CC(O[C@@H]4O[C@H](C)[C@@H](O)[C@H](NC(=O)CN(C)C)[C@@H]4O)C=CC=CC=CC=CC=CC=CC=CC2C)O3)cc1. The third-order valence-corrected chi connectivity index (χ3v) is 16.0. The van der Waals surface area contributed by atoms with Crippen molar-refractivity contribution in [1.82, 2.24) is 20.4 Å². The number of carbonyl (C=O) groups is 5. The monoisotopic (exact) mass is 1280 g/mol. The van der Waals surface area contributed by atoms with Crippen LogP contribution in [0.5, 0.6) is 0 Å². The molecule has 4 rings (SSSR count). The number of ether oxygens (including phenoxy) is 4. The van der Waals surface area contributed by atoms with Crippen molar-refractivity contribution in [2.45, 2.75) is 195 Å². The second-order valence-electron chi connectivity index (χ2n) is 24.9. The van der Waals surface area contributed by atoms with E-state index in [1.54, 1.807) is 129 Å². The number of likely N-dealkylation sites (N-methyl/N-ethyl adjacent to an activating group) is 2. The first kappa shape index (κ1) is 77.8. The number of esters is 1. The summed E-state index contributed by atoms with van der Waals surface area (Å²) in [6.45, 7) is 5.81. The number of benzene rings is 1. The van der Waals surface area contributed by atoms with Gasteiger partial charge in [0.25, 0.3) is 0 Å². The summed E-state index contributed by atoms with van der Waals surface area (Å²) in [7, 11) is 8.75. The summed E-state index contributed by atoms with van der Waals surface area (Å²) in [5.41, 5.74) is 1.30. The summed E-state index contributed by atoms with van der Waals surface area (Å²) < 4.78 is 24.6. The molecule has 24 heteroatoms. The molecule has 3 heterocycles. The van der Waals surface area contributed by atoms with E-state index in [9.17, 15) is 75.0 Å². The predicted octanol–water partition coefficient (Wildman–Crippen LogP) is 2.06. The normalized spacial score (nSPS) is 32.4. The van der Waals surface area contributed by atoms with Crippen LogP contribution in [0, 0.1) is 17.8 Å². The molecule has 2 fully saturated rings. The van der Waals surface area contributed by atoms with E-state index in [2.05, 4.69) is 16.0 Å². The van der Waals surface area contributed by atoms with Gasteiger partial charge in [0.05, 0.1) is 86.0 Å². The number of allylic oxidation sites excluding steroid dienone is 12. The quantitative estimate of drug-likeness (QED) is 0.0784. The van der Waals surface area contributed by atoms with Gasteiger partial charge in [-0.15, -0.1) is 0 Å². The van der Waals surface area contributed by atoms with E-state index in [4.69, 9.17) is 18.9 Å². The smallest absolute Gasteiger partial charge is 0.308 e. The van der Waals surface area contributed by atoms with E-state index in [0.29, 0.717) is 18.5 Å². The number of hydrogen-bond donors (Lipinski definition) is 13. The standard InChI is InChI=1S/C67H103N5O19/c1-42-21-19-17-15-13-11-9-10-12-14-16-18-20-22-54(89-66-63(85)61(62(84)44(3)88-66)70-58(82)41-72(7)8)38-57-60(65(86)69-29-30-71(5)6)56(81)40-67(87,91-57)39-53(79)35-51(77)33-49(75)31-48(74)32-50(76)34-52(78)37-59(83)90-64(42)43(2)23-28-47(73)36-55(80)45-24-26-46(68-4)27-25-45/h9-22,24-27,42-44,47-49,51-54,56-57,60-64,66,68,73-75,77-79,81,84-85,87H,23,28-41H2,1-8H3,(H,69,86)(H,70,82)/t42?,43?,44-,47?,48?,49?,51?,52?,53?,54?,56?,57?,60?,61+,62-,63+,64?,66+,67?/m1/s1. The number of ketones is 2. The average Bonchev–Trinajstić information content (AvgIpc) is 0.818. The first-order valence-corrected chi connectivity index (χ1v) is 31.5. The second kappa shape index (κ2) is 39.8. The van der Waals surface area contributed by atoms with Gasteiger partial charge in [-0.2, -0.15) is 0 Å². The molecule has 91 heavy (non-hydrogen) atoms. The summed E-state index contributed by atoms with van der Waals surface area (Å²) in [4.78, 5) is 69.8. The van der Waals surface area contributed by atoms with Crippen molar-refractivity contribution in [2.24, 2.45) is 17.8 Å². The number of rotatable bonds is 17. The topological polar surface area (TPSA) is 367 Å². The fraction of sp³-hybridized carbons (Fsp3) is 0.627. The van der Waals surface area contributed by atoms with Gasteiger partial charge in [-0.3, -0.25) is 24.0 Å². The van der Waals surface area contributed by atoms with Crippen molar-refractivity contribution in [3.63, 3.8) is 0 Å². The minimum Gasteiger partial charge on any atom is -0.461 e. The number of hydrogen-bond acceptors (Lipinski definition) is 22. The first-order chi connectivity index (χ1) is 43.1. The molecule has 0 aliphatic carbocycles. The van der Waals surface area contributed by atoms with Crippen LogP contribution in [0.15, 0.2) is 109 Å². The predicted molar refractivity (Wildman–Crippen MR) is 342 cm³/mol. The van der Waals surface area contributed by atoms with Gasteiger partial charge in [0, 0.05) is 75.8 Å². The highest BCUT2D eigenvalue weighted by Gasteiger charge is 2.51. The van der Waals surface area contributed by atoms with Gasteiger partial charge in [-0.1, -0.05) is 98.9 Å². The number of anilines is 1. The average molecular weight is 1280 g/mol. The molecule has 19 atom stereocenters. The number of aliphatic hydroxyl groups excluding tert-OH is 9. The summed E-state index contributed by atoms with van der Waals surface area (Å²) in [6, 6.07) is 5.68. The van der Waals surface area contributed by atoms with Gasteiger partial charge in [0.2, 0.25) is 11.8 Å². The van der Waals surface area contributed by atoms with Crippen molar-refractivity contribution in [3.05, 3.63) is 115 Å². The maximum absolute atomic E-state index is 14.0. The molecule has 1 aromatic carbocycles. The minimum atomic E-state index is -2.32. The lowest BCUT2D eigenvalue weighted by atomic mass is 9.82. The number of cyclic esters (lactones) is 1. The van der Waals surface area contributed by atoms with Crippen LogP contribution < -0.4 is 16.0 Å². The maximum atomic E-state index is 14.0. The summed E-state index contributed by atoms with van der Waals surface area (Å²) in [5.74, 6) is -7.10.